The maximum Gasteiger partial charge on any atom is 0.330 e. The van der Waals surface area contributed by atoms with Crippen molar-refractivity contribution in [3.8, 4) is 0 Å². The van der Waals surface area contributed by atoms with Gasteiger partial charge in [0.05, 0.1) is 19.8 Å². The Bertz CT molecular complexity index is 271. The van der Waals surface area contributed by atoms with E-state index in [1.165, 1.54) is 6.08 Å². The van der Waals surface area contributed by atoms with Crippen molar-refractivity contribution in [1.82, 2.24) is 0 Å². The van der Waals surface area contributed by atoms with E-state index in [9.17, 15) is 4.79 Å². The summed E-state index contributed by atoms with van der Waals surface area (Å²) in [5.74, 6) is -0.903. The molecule has 0 aromatic rings. The third-order valence-corrected chi connectivity index (χ3v) is 2.77. The molecule has 1 spiro atoms. The first-order valence-corrected chi connectivity index (χ1v) is 5.42. The van der Waals surface area contributed by atoms with Gasteiger partial charge in [0.25, 0.3) is 0 Å². The van der Waals surface area contributed by atoms with Crippen LogP contribution in [0.4, 0.5) is 0 Å². The highest BCUT2D eigenvalue weighted by Gasteiger charge is 2.44. The van der Waals surface area contributed by atoms with Gasteiger partial charge in [-0.25, -0.2) is 4.79 Å². The van der Waals surface area contributed by atoms with Crippen LogP contribution >= 0.6 is 0 Å². The molecule has 0 atom stereocenters. The molecule has 84 valence electrons. The topological polar surface area (TPSA) is 44.8 Å². The Balaban J connectivity index is 2.10. The van der Waals surface area contributed by atoms with Crippen molar-refractivity contribution in [3.05, 3.63) is 11.6 Å². The predicted octanol–water partition coefficient (Wildman–Crippen LogP) is 1.40. The van der Waals surface area contributed by atoms with E-state index in [0.717, 1.165) is 24.8 Å². The monoisotopic (exact) mass is 212 g/mol. The Morgan fingerprint density at radius 1 is 1.53 bits per heavy atom. The zero-order valence-corrected chi connectivity index (χ0v) is 8.95. The fraction of sp³-hybridized carbons (Fsp3) is 0.727. The summed E-state index contributed by atoms with van der Waals surface area (Å²) in [4.78, 5) is 11.3. The van der Waals surface area contributed by atoms with Gasteiger partial charge in [-0.2, -0.15) is 0 Å². The first-order chi connectivity index (χ1) is 7.27. The minimum atomic E-state index is -0.604. The quantitative estimate of drug-likeness (QED) is 0.512. The van der Waals surface area contributed by atoms with E-state index in [1.807, 2.05) is 0 Å². The molecule has 0 amide bonds. The molecule has 15 heavy (non-hydrogen) atoms. The number of rotatable bonds is 2. The van der Waals surface area contributed by atoms with Crippen LogP contribution in [0.3, 0.4) is 0 Å². The number of ether oxygens (including phenoxy) is 3. The molecule has 1 saturated carbocycles. The van der Waals surface area contributed by atoms with Crippen LogP contribution in [-0.4, -0.2) is 31.6 Å². The van der Waals surface area contributed by atoms with Crippen molar-refractivity contribution in [2.45, 2.75) is 32.0 Å². The van der Waals surface area contributed by atoms with Gasteiger partial charge in [0, 0.05) is 12.5 Å². The molecule has 2 fully saturated rings. The first-order valence-electron chi connectivity index (χ1n) is 5.42. The Kier molecular flexibility index (Phi) is 3.07. The average Bonchev–Trinajstić information content (AvgIpc) is 2.80. The Morgan fingerprint density at radius 3 is 2.93 bits per heavy atom. The van der Waals surface area contributed by atoms with Gasteiger partial charge in [-0.1, -0.05) is 0 Å². The molecule has 4 heteroatoms. The molecule has 0 bridgehead atoms. The molecule has 2 aliphatic rings. The maximum absolute atomic E-state index is 11.3. The van der Waals surface area contributed by atoms with Gasteiger partial charge in [0.2, 0.25) is 0 Å². The van der Waals surface area contributed by atoms with E-state index in [2.05, 4.69) is 0 Å². The molecule has 0 unspecified atom stereocenters. The zero-order chi connectivity index (χ0) is 10.7. The van der Waals surface area contributed by atoms with Gasteiger partial charge in [0.15, 0.2) is 5.79 Å². The molecular weight excluding hydrogens is 196 g/mol. The van der Waals surface area contributed by atoms with Gasteiger partial charge < -0.3 is 14.2 Å². The van der Waals surface area contributed by atoms with Gasteiger partial charge in [0.1, 0.15) is 0 Å². The summed E-state index contributed by atoms with van der Waals surface area (Å²) >= 11 is 0. The molecular formula is C11H16O4. The van der Waals surface area contributed by atoms with Gasteiger partial charge >= 0.3 is 5.97 Å². The summed E-state index contributed by atoms with van der Waals surface area (Å²) in [6, 6.07) is 0. The van der Waals surface area contributed by atoms with E-state index in [0.29, 0.717) is 19.8 Å². The predicted molar refractivity (Wildman–Crippen MR) is 53.2 cm³/mol. The molecule has 1 saturated heterocycles. The molecule has 0 aromatic carbocycles. The summed E-state index contributed by atoms with van der Waals surface area (Å²) < 4.78 is 16.1. The summed E-state index contributed by atoms with van der Waals surface area (Å²) in [5, 5.41) is 0. The van der Waals surface area contributed by atoms with E-state index in [1.54, 1.807) is 6.92 Å². The molecule has 2 rings (SSSR count). The normalized spacial score (nSPS) is 26.3. The van der Waals surface area contributed by atoms with E-state index in [-0.39, 0.29) is 5.97 Å². The SMILES string of the molecule is CCOC(=O)/C=C1/CCCC12OCCO2. The Hall–Kier alpha value is -0.870. The van der Waals surface area contributed by atoms with Crippen LogP contribution < -0.4 is 0 Å². The summed E-state index contributed by atoms with van der Waals surface area (Å²) in [6.07, 6.45) is 4.24. The fourth-order valence-electron chi connectivity index (χ4n) is 2.16. The highest BCUT2D eigenvalue weighted by molar-refractivity contribution is 5.83. The van der Waals surface area contributed by atoms with Crippen LogP contribution in [0, 0.1) is 0 Å². The van der Waals surface area contributed by atoms with E-state index in [4.69, 9.17) is 14.2 Å². The fourth-order valence-corrected chi connectivity index (χ4v) is 2.16. The standard InChI is InChI=1S/C11H16O4/c1-2-13-10(12)8-9-4-3-5-11(9)14-6-7-15-11/h8H,2-7H2,1H3/b9-8-. The van der Waals surface area contributed by atoms with Crippen LogP contribution in [0.5, 0.6) is 0 Å². The molecule has 4 nitrogen and oxygen atoms in total. The highest BCUT2D eigenvalue weighted by atomic mass is 16.7. The number of esters is 1. The largest absolute Gasteiger partial charge is 0.463 e. The lowest BCUT2D eigenvalue weighted by Crippen LogP contribution is -2.28. The van der Waals surface area contributed by atoms with Crippen molar-refractivity contribution in [2.24, 2.45) is 0 Å². The summed E-state index contributed by atoms with van der Waals surface area (Å²) in [5.41, 5.74) is 0.929. The minimum absolute atomic E-state index is 0.298. The van der Waals surface area contributed by atoms with Gasteiger partial charge in [-0.15, -0.1) is 0 Å². The smallest absolute Gasteiger partial charge is 0.330 e. The van der Waals surface area contributed by atoms with E-state index >= 15 is 0 Å². The molecule has 0 N–H and O–H groups in total. The second kappa shape index (κ2) is 4.33. The van der Waals surface area contributed by atoms with Crippen molar-refractivity contribution in [3.63, 3.8) is 0 Å². The second-order valence-corrected chi connectivity index (χ2v) is 3.73. The molecule has 1 aliphatic heterocycles. The molecule has 0 aromatic heterocycles. The Labute approximate surface area is 89.2 Å². The lowest BCUT2D eigenvalue weighted by molar-refractivity contribution is -0.139. The summed E-state index contributed by atoms with van der Waals surface area (Å²) in [6.45, 7) is 3.42. The van der Waals surface area contributed by atoms with Gasteiger partial charge in [-0.3, -0.25) is 0 Å². The van der Waals surface area contributed by atoms with Crippen LogP contribution in [0.2, 0.25) is 0 Å². The molecule has 0 radical (unpaired) electrons. The zero-order valence-electron chi connectivity index (χ0n) is 8.95. The van der Waals surface area contributed by atoms with Crippen LogP contribution in [0.25, 0.3) is 0 Å². The molecule has 1 aliphatic carbocycles. The van der Waals surface area contributed by atoms with Crippen molar-refractivity contribution in [2.75, 3.05) is 19.8 Å². The van der Waals surface area contributed by atoms with Crippen LogP contribution in [0.15, 0.2) is 11.6 Å². The molecule has 1 heterocycles. The number of carbonyl (C=O) groups excluding carboxylic acids is 1. The van der Waals surface area contributed by atoms with Crippen LogP contribution in [0.1, 0.15) is 26.2 Å². The second-order valence-electron chi connectivity index (χ2n) is 3.73. The maximum atomic E-state index is 11.3. The lowest BCUT2D eigenvalue weighted by Gasteiger charge is -2.23. The number of hydrogen-bond acceptors (Lipinski definition) is 4. The average molecular weight is 212 g/mol. The van der Waals surface area contributed by atoms with Crippen LogP contribution in [-0.2, 0) is 19.0 Å². The highest BCUT2D eigenvalue weighted by Crippen LogP contribution is 2.41. The van der Waals surface area contributed by atoms with Crippen molar-refractivity contribution in [1.29, 1.82) is 0 Å². The van der Waals surface area contributed by atoms with E-state index < -0.39 is 5.79 Å². The number of hydrogen-bond donors (Lipinski definition) is 0. The van der Waals surface area contributed by atoms with Crippen molar-refractivity contribution < 1.29 is 19.0 Å². The summed E-state index contributed by atoms with van der Waals surface area (Å²) in [7, 11) is 0. The first kappa shape index (κ1) is 10.6. The van der Waals surface area contributed by atoms with Crippen molar-refractivity contribution >= 4 is 5.97 Å². The Morgan fingerprint density at radius 2 is 2.27 bits per heavy atom. The number of carbonyl (C=O) groups is 1. The third kappa shape index (κ3) is 2.06. The third-order valence-electron chi connectivity index (χ3n) is 2.77. The lowest BCUT2D eigenvalue weighted by atomic mass is 10.1. The van der Waals surface area contributed by atoms with Gasteiger partial charge in [-0.05, 0) is 25.3 Å². The minimum Gasteiger partial charge on any atom is -0.463 e.